The van der Waals surface area contributed by atoms with E-state index in [9.17, 15) is 14.4 Å². The number of fused-ring (bicyclic) bond motifs is 5. The summed E-state index contributed by atoms with van der Waals surface area (Å²) in [5.41, 5.74) is 2.81. The van der Waals surface area contributed by atoms with Gasteiger partial charge in [-0.05, 0) is 73.9 Å². The topological polar surface area (TPSA) is 66.5 Å². The summed E-state index contributed by atoms with van der Waals surface area (Å²) in [5.74, 6) is 0.158. The lowest BCUT2D eigenvalue weighted by atomic mass is 9.81. The van der Waals surface area contributed by atoms with E-state index in [0.717, 1.165) is 30.5 Å². The maximum atomic E-state index is 12.9. The maximum absolute atomic E-state index is 12.9. The van der Waals surface area contributed by atoms with Gasteiger partial charge in [-0.2, -0.15) is 0 Å². The van der Waals surface area contributed by atoms with Gasteiger partial charge in [0.15, 0.2) is 0 Å². The molecule has 2 aromatic carbocycles. The summed E-state index contributed by atoms with van der Waals surface area (Å²) in [6.07, 6.45) is 3.16. The molecular weight excluding hydrogens is 352 g/mol. The molecule has 5 heteroatoms. The SMILES string of the molecule is Cc1ccccc1NC(=O)c1ccc(N2C(=O)[C@@H]3[C@H]4CC[C@@H](C4)[C@H]3C2=O)cc1. The van der Waals surface area contributed by atoms with Gasteiger partial charge >= 0.3 is 0 Å². The van der Waals surface area contributed by atoms with Crippen LogP contribution in [0.4, 0.5) is 11.4 Å². The molecule has 1 N–H and O–H groups in total. The molecule has 0 spiro atoms. The summed E-state index contributed by atoms with van der Waals surface area (Å²) < 4.78 is 0. The first kappa shape index (κ1) is 17.2. The molecule has 5 rings (SSSR count). The van der Waals surface area contributed by atoms with Crippen molar-refractivity contribution >= 4 is 29.1 Å². The van der Waals surface area contributed by atoms with E-state index < -0.39 is 0 Å². The first-order valence-corrected chi connectivity index (χ1v) is 9.89. The van der Waals surface area contributed by atoms with Crippen LogP contribution in [0.15, 0.2) is 48.5 Å². The van der Waals surface area contributed by atoms with Crippen molar-refractivity contribution in [2.75, 3.05) is 10.2 Å². The largest absolute Gasteiger partial charge is 0.322 e. The lowest BCUT2D eigenvalue weighted by molar-refractivity contribution is -0.123. The molecule has 3 aliphatic rings. The smallest absolute Gasteiger partial charge is 0.255 e. The van der Waals surface area contributed by atoms with Crippen molar-refractivity contribution in [1.29, 1.82) is 0 Å². The van der Waals surface area contributed by atoms with Crippen LogP contribution in [0.1, 0.15) is 35.2 Å². The number of rotatable bonds is 3. The summed E-state index contributed by atoms with van der Waals surface area (Å²) in [5, 5.41) is 2.90. The standard InChI is InChI=1S/C23H22N2O3/c1-13-4-2-3-5-18(13)24-21(26)14-8-10-17(11-9-14)25-22(27)19-15-6-7-16(12-15)20(19)23(25)28/h2-5,8-11,15-16,19-20H,6-7,12H2,1H3,(H,24,26)/t15-,16-,19+,20+/m0/s1. The fourth-order valence-electron chi connectivity index (χ4n) is 5.33. The minimum Gasteiger partial charge on any atom is -0.322 e. The van der Waals surface area contributed by atoms with Gasteiger partial charge in [0.1, 0.15) is 0 Å². The molecule has 5 nitrogen and oxygen atoms in total. The highest BCUT2D eigenvalue weighted by Gasteiger charge is 2.61. The lowest BCUT2D eigenvalue weighted by Gasteiger charge is -2.19. The predicted octanol–water partition coefficient (Wildman–Crippen LogP) is 3.78. The van der Waals surface area contributed by atoms with E-state index in [1.54, 1.807) is 24.3 Å². The van der Waals surface area contributed by atoms with Crippen molar-refractivity contribution in [3.05, 3.63) is 59.7 Å². The van der Waals surface area contributed by atoms with Crippen LogP contribution in [0.2, 0.25) is 0 Å². The van der Waals surface area contributed by atoms with Crippen LogP contribution in [0.25, 0.3) is 0 Å². The number of carbonyl (C=O) groups is 3. The number of anilines is 2. The molecule has 2 aliphatic carbocycles. The zero-order chi connectivity index (χ0) is 19.4. The minimum atomic E-state index is -0.213. The molecule has 1 heterocycles. The number of amides is 3. The molecule has 0 unspecified atom stereocenters. The van der Waals surface area contributed by atoms with Crippen molar-refractivity contribution in [3.8, 4) is 0 Å². The molecule has 0 radical (unpaired) electrons. The fraction of sp³-hybridized carbons (Fsp3) is 0.348. The molecule has 0 aromatic heterocycles. The third kappa shape index (κ3) is 2.49. The second-order valence-corrected chi connectivity index (χ2v) is 8.21. The number of nitrogens with one attached hydrogen (secondary N) is 1. The van der Waals surface area contributed by atoms with Crippen LogP contribution in [-0.4, -0.2) is 17.7 Å². The average Bonchev–Trinajstić information content (AvgIpc) is 3.38. The quantitative estimate of drug-likeness (QED) is 0.832. The number of nitrogens with zero attached hydrogens (tertiary/aromatic N) is 1. The molecule has 2 bridgehead atoms. The van der Waals surface area contributed by atoms with E-state index in [-0.39, 0.29) is 29.6 Å². The molecule has 142 valence electrons. The summed E-state index contributed by atoms with van der Waals surface area (Å²) in [4.78, 5) is 39.7. The predicted molar refractivity (Wildman–Crippen MR) is 106 cm³/mol. The fourth-order valence-corrected chi connectivity index (χ4v) is 5.33. The van der Waals surface area contributed by atoms with Gasteiger partial charge in [0.25, 0.3) is 5.91 Å². The van der Waals surface area contributed by atoms with E-state index >= 15 is 0 Å². The molecule has 2 aromatic rings. The first-order valence-electron chi connectivity index (χ1n) is 9.89. The zero-order valence-electron chi connectivity index (χ0n) is 15.7. The zero-order valence-corrected chi connectivity index (χ0v) is 15.7. The highest BCUT2D eigenvalue weighted by atomic mass is 16.2. The Balaban J connectivity index is 1.36. The van der Waals surface area contributed by atoms with Gasteiger partial charge in [-0.1, -0.05) is 18.2 Å². The Morgan fingerprint density at radius 2 is 1.54 bits per heavy atom. The molecule has 3 amide bonds. The summed E-state index contributed by atoms with van der Waals surface area (Å²) in [6.45, 7) is 1.94. The minimum absolute atomic E-state index is 0.0562. The van der Waals surface area contributed by atoms with Crippen LogP contribution < -0.4 is 10.2 Å². The van der Waals surface area contributed by atoms with Gasteiger partial charge in [-0.15, -0.1) is 0 Å². The van der Waals surface area contributed by atoms with Crippen LogP contribution in [-0.2, 0) is 9.59 Å². The van der Waals surface area contributed by atoms with Gasteiger partial charge in [0.2, 0.25) is 11.8 Å². The number of hydrogen-bond donors (Lipinski definition) is 1. The van der Waals surface area contributed by atoms with Crippen molar-refractivity contribution < 1.29 is 14.4 Å². The second-order valence-electron chi connectivity index (χ2n) is 8.21. The summed E-state index contributed by atoms with van der Waals surface area (Å²) in [7, 11) is 0. The summed E-state index contributed by atoms with van der Waals surface area (Å²) in [6, 6.07) is 14.3. The van der Waals surface area contributed by atoms with Gasteiger partial charge in [0, 0.05) is 11.3 Å². The van der Waals surface area contributed by atoms with E-state index in [0.29, 0.717) is 23.1 Å². The molecule has 3 fully saturated rings. The number of imide groups is 1. The Labute approximate surface area is 163 Å². The Bertz CT molecular complexity index is 954. The van der Waals surface area contributed by atoms with Gasteiger partial charge in [0.05, 0.1) is 17.5 Å². The second kappa shape index (κ2) is 6.30. The Kier molecular flexibility index (Phi) is 3.86. The molecule has 2 saturated carbocycles. The maximum Gasteiger partial charge on any atom is 0.255 e. The number of carbonyl (C=O) groups excluding carboxylic acids is 3. The van der Waals surface area contributed by atoms with Crippen LogP contribution in [0.3, 0.4) is 0 Å². The number of hydrogen-bond acceptors (Lipinski definition) is 3. The average molecular weight is 374 g/mol. The third-order valence-corrected chi connectivity index (χ3v) is 6.71. The number of aryl methyl sites for hydroxylation is 1. The van der Waals surface area contributed by atoms with E-state index in [1.165, 1.54) is 4.90 Å². The van der Waals surface area contributed by atoms with Crippen molar-refractivity contribution in [3.63, 3.8) is 0 Å². The Morgan fingerprint density at radius 3 is 2.14 bits per heavy atom. The molecule has 28 heavy (non-hydrogen) atoms. The summed E-state index contributed by atoms with van der Waals surface area (Å²) >= 11 is 0. The monoisotopic (exact) mass is 374 g/mol. The van der Waals surface area contributed by atoms with Crippen LogP contribution >= 0.6 is 0 Å². The lowest BCUT2D eigenvalue weighted by Crippen LogP contribution is -2.32. The van der Waals surface area contributed by atoms with Crippen LogP contribution in [0.5, 0.6) is 0 Å². The Hall–Kier alpha value is -2.95. The van der Waals surface area contributed by atoms with Crippen molar-refractivity contribution in [2.24, 2.45) is 23.7 Å². The third-order valence-electron chi connectivity index (χ3n) is 6.71. The molecule has 1 saturated heterocycles. The number of benzene rings is 2. The molecular formula is C23H22N2O3. The van der Waals surface area contributed by atoms with Crippen LogP contribution in [0, 0.1) is 30.6 Å². The first-order chi connectivity index (χ1) is 13.5. The van der Waals surface area contributed by atoms with E-state index in [1.807, 2.05) is 31.2 Å². The van der Waals surface area contributed by atoms with E-state index in [2.05, 4.69) is 5.32 Å². The van der Waals surface area contributed by atoms with Gasteiger partial charge in [-0.25, -0.2) is 0 Å². The number of para-hydroxylation sites is 1. The van der Waals surface area contributed by atoms with Gasteiger partial charge < -0.3 is 5.32 Å². The highest BCUT2D eigenvalue weighted by Crippen LogP contribution is 2.56. The van der Waals surface area contributed by atoms with Crippen molar-refractivity contribution in [2.45, 2.75) is 26.2 Å². The Morgan fingerprint density at radius 1 is 0.929 bits per heavy atom. The highest BCUT2D eigenvalue weighted by molar-refractivity contribution is 6.22. The van der Waals surface area contributed by atoms with Gasteiger partial charge in [-0.3, -0.25) is 19.3 Å². The molecule has 4 atom stereocenters. The van der Waals surface area contributed by atoms with Crippen molar-refractivity contribution in [1.82, 2.24) is 0 Å². The molecule has 1 aliphatic heterocycles. The van der Waals surface area contributed by atoms with E-state index in [4.69, 9.17) is 0 Å². The normalized spacial score (nSPS) is 28.0.